The fraction of sp³-hybridized carbons (Fsp3) is 0.306. The van der Waals surface area contributed by atoms with Gasteiger partial charge in [0.1, 0.15) is 30.8 Å². The second kappa shape index (κ2) is 16.8. The molecule has 0 spiro atoms. The van der Waals surface area contributed by atoms with Crippen molar-refractivity contribution in [1.82, 2.24) is 10.6 Å². The van der Waals surface area contributed by atoms with Crippen LogP contribution in [0.2, 0.25) is 0 Å². The number of thioether (sulfide) groups is 1. The van der Waals surface area contributed by atoms with Crippen molar-refractivity contribution >= 4 is 46.3 Å². The lowest BCUT2D eigenvalue weighted by atomic mass is 10.1. The Labute approximate surface area is 282 Å². The van der Waals surface area contributed by atoms with Gasteiger partial charge < -0.3 is 30.3 Å². The van der Waals surface area contributed by atoms with Crippen molar-refractivity contribution < 1.29 is 33.1 Å². The van der Waals surface area contributed by atoms with Crippen LogP contribution in [-0.2, 0) is 35.3 Å². The van der Waals surface area contributed by atoms with Gasteiger partial charge in [-0.15, -0.1) is 11.8 Å². The Morgan fingerprint density at radius 1 is 0.896 bits per heavy atom. The van der Waals surface area contributed by atoms with Crippen LogP contribution in [0.15, 0.2) is 99.0 Å². The number of hydrogen-bond donors (Lipinski definition) is 3. The van der Waals surface area contributed by atoms with Gasteiger partial charge in [-0.2, -0.15) is 0 Å². The first-order chi connectivity index (χ1) is 22.9. The van der Waals surface area contributed by atoms with Gasteiger partial charge in [0.05, 0.1) is 10.3 Å². The van der Waals surface area contributed by atoms with Crippen LogP contribution in [0.4, 0.5) is 0 Å². The van der Waals surface area contributed by atoms with E-state index in [1.165, 1.54) is 11.8 Å². The van der Waals surface area contributed by atoms with E-state index < -0.39 is 53.6 Å². The van der Waals surface area contributed by atoms with E-state index in [9.17, 15) is 24.0 Å². The maximum absolute atomic E-state index is 13.4. The molecular formula is C36H39N3O8S. The second-order valence-corrected chi connectivity index (χ2v) is 13.0. The summed E-state index contributed by atoms with van der Waals surface area (Å²) in [5.74, 6) is -2.13. The van der Waals surface area contributed by atoms with Crippen LogP contribution in [0.1, 0.15) is 39.2 Å². The highest BCUT2D eigenvalue weighted by Gasteiger charge is 2.26. The van der Waals surface area contributed by atoms with Gasteiger partial charge in [-0.05, 0) is 38.8 Å². The monoisotopic (exact) mass is 673 g/mol. The Kier molecular flexibility index (Phi) is 12.5. The van der Waals surface area contributed by atoms with Crippen molar-refractivity contribution in [3.05, 3.63) is 101 Å². The van der Waals surface area contributed by atoms with Gasteiger partial charge in [0, 0.05) is 23.1 Å². The lowest BCUT2D eigenvalue weighted by Gasteiger charge is -2.22. The molecule has 12 heteroatoms. The molecule has 0 aliphatic carbocycles. The first-order valence-corrected chi connectivity index (χ1v) is 16.4. The molecule has 4 N–H and O–H groups in total. The Morgan fingerprint density at radius 3 is 2.19 bits per heavy atom. The summed E-state index contributed by atoms with van der Waals surface area (Å²) in [7, 11) is 0. The van der Waals surface area contributed by atoms with E-state index in [-0.39, 0.29) is 25.2 Å². The largest absolute Gasteiger partial charge is 0.460 e. The van der Waals surface area contributed by atoms with Gasteiger partial charge in [-0.1, -0.05) is 78.9 Å². The Balaban J connectivity index is 1.51. The van der Waals surface area contributed by atoms with Crippen molar-refractivity contribution in [1.29, 1.82) is 0 Å². The molecule has 3 aromatic carbocycles. The molecular weight excluding hydrogens is 634 g/mol. The predicted octanol–water partition coefficient (Wildman–Crippen LogP) is 4.35. The zero-order valence-electron chi connectivity index (χ0n) is 27.0. The molecule has 4 rings (SSSR count). The van der Waals surface area contributed by atoms with Crippen LogP contribution < -0.4 is 22.0 Å². The SMILES string of the molecule is CC(C)(C)OC(=O)[C@@H](N)CCC(=O)N[C@@H](CSc1c(-c2ccccc2)oc(=O)c2ccccc12)C(=O)NCC(=O)OCc1ccccc1. The smallest absolute Gasteiger partial charge is 0.344 e. The van der Waals surface area contributed by atoms with Gasteiger partial charge in [-0.25, -0.2) is 4.79 Å². The van der Waals surface area contributed by atoms with Crippen molar-refractivity contribution in [3.8, 4) is 11.3 Å². The Hall–Kier alpha value is -4.94. The van der Waals surface area contributed by atoms with Crippen LogP contribution in [0.25, 0.3) is 22.1 Å². The van der Waals surface area contributed by atoms with E-state index in [4.69, 9.17) is 19.6 Å². The molecule has 0 aliphatic rings. The molecule has 4 aromatic rings. The number of esters is 2. The first-order valence-electron chi connectivity index (χ1n) is 15.4. The highest BCUT2D eigenvalue weighted by molar-refractivity contribution is 7.99. The molecule has 1 heterocycles. The van der Waals surface area contributed by atoms with E-state index in [1.54, 1.807) is 57.2 Å². The summed E-state index contributed by atoms with van der Waals surface area (Å²) in [4.78, 5) is 64.7. The van der Waals surface area contributed by atoms with Crippen LogP contribution in [0.5, 0.6) is 0 Å². The molecule has 2 amide bonds. The minimum Gasteiger partial charge on any atom is -0.460 e. The summed E-state index contributed by atoms with van der Waals surface area (Å²) in [6.07, 6.45) is -0.174. The maximum Gasteiger partial charge on any atom is 0.344 e. The molecule has 0 saturated heterocycles. The molecule has 0 fully saturated rings. The Bertz CT molecular complexity index is 1790. The van der Waals surface area contributed by atoms with Gasteiger partial charge in [0.25, 0.3) is 0 Å². The van der Waals surface area contributed by atoms with Gasteiger partial charge in [0.15, 0.2) is 5.76 Å². The number of ether oxygens (including phenoxy) is 2. The highest BCUT2D eigenvalue weighted by atomic mass is 32.2. The zero-order chi connectivity index (χ0) is 34.7. The molecule has 0 bridgehead atoms. The quantitative estimate of drug-likeness (QED) is 0.129. The minimum absolute atomic E-state index is 0.00626. The topological polar surface area (TPSA) is 167 Å². The summed E-state index contributed by atoms with van der Waals surface area (Å²) in [5.41, 5.74) is 6.16. The number of hydrogen-bond acceptors (Lipinski definition) is 10. The molecule has 11 nitrogen and oxygen atoms in total. The summed E-state index contributed by atoms with van der Waals surface area (Å²) >= 11 is 1.21. The lowest BCUT2D eigenvalue weighted by molar-refractivity contribution is -0.156. The fourth-order valence-corrected chi connectivity index (χ4v) is 5.76. The minimum atomic E-state index is -1.13. The summed E-state index contributed by atoms with van der Waals surface area (Å²) in [6, 6.07) is 23.0. The van der Waals surface area contributed by atoms with Crippen LogP contribution >= 0.6 is 11.8 Å². The number of benzene rings is 3. The van der Waals surface area contributed by atoms with Crippen molar-refractivity contribution in [2.45, 2.75) is 62.8 Å². The normalized spacial score (nSPS) is 12.5. The molecule has 252 valence electrons. The number of nitrogens with two attached hydrogens (primary N) is 1. The second-order valence-electron chi connectivity index (χ2n) is 11.9. The standard InChI is InChI=1S/C36H39N3O8S/c1-36(2,3)47-35(44)27(37)18-19-29(40)39-28(33(42)38-20-30(41)45-21-23-12-6-4-7-13-23)22-48-32-25-16-10-11-17-26(25)34(43)46-31(32)24-14-8-5-9-15-24/h4-17,27-28H,18-22,37H2,1-3H3,(H,38,42)(H,39,40)/t27-,28-/m0/s1. The van der Waals surface area contributed by atoms with Crippen molar-refractivity contribution in [2.75, 3.05) is 12.3 Å². The number of fused-ring (bicyclic) bond motifs is 1. The number of carbonyl (C=O) groups excluding carboxylic acids is 4. The zero-order valence-corrected chi connectivity index (χ0v) is 27.8. The molecule has 0 aliphatic heterocycles. The Morgan fingerprint density at radius 2 is 1.52 bits per heavy atom. The first kappa shape index (κ1) is 35.9. The van der Waals surface area contributed by atoms with Crippen molar-refractivity contribution in [3.63, 3.8) is 0 Å². The molecule has 1 aromatic heterocycles. The summed E-state index contributed by atoms with van der Waals surface area (Å²) < 4.78 is 16.3. The molecule has 0 saturated carbocycles. The van der Waals surface area contributed by atoms with Crippen LogP contribution in [0.3, 0.4) is 0 Å². The summed E-state index contributed by atoms with van der Waals surface area (Å²) in [6.45, 7) is 4.76. The van der Waals surface area contributed by atoms with E-state index >= 15 is 0 Å². The van der Waals surface area contributed by atoms with Gasteiger partial charge >= 0.3 is 17.6 Å². The average molecular weight is 674 g/mol. The van der Waals surface area contributed by atoms with E-state index in [2.05, 4.69) is 10.6 Å². The van der Waals surface area contributed by atoms with Gasteiger partial charge in [0.2, 0.25) is 11.8 Å². The van der Waals surface area contributed by atoms with Crippen molar-refractivity contribution in [2.24, 2.45) is 5.73 Å². The molecule has 48 heavy (non-hydrogen) atoms. The third-order valence-electron chi connectivity index (χ3n) is 6.92. The van der Waals surface area contributed by atoms with Crippen LogP contribution in [-0.4, -0.2) is 53.7 Å². The third kappa shape index (κ3) is 10.5. The van der Waals surface area contributed by atoms with E-state index in [1.807, 2.05) is 48.5 Å². The fourth-order valence-electron chi connectivity index (χ4n) is 4.57. The number of nitrogens with one attached hydrogen (secondary N) is 2. The van der Waals surface area contributed by atoms with E-state index in [0.717, 1.165) is 5.56 Å². The predicted molar refractivity (Wildman–Crippen MR) is 183 cm³/mol. The molecule has 2 atom stereocenters. The summed E-state index contributed by atoms with van der Waals surface area (Å²) in [5, 5.41) is 6.24. The van der Waals surface area contributed by atoms with Gasteiger partial charge in [-0.3, -0.25) is 19.2 Å². The van der Waals surface area contributed by atoms with Crippen LogP contribution in [0, 0.1) is 0 Å². The number of amides is 2. The molecule has 0 unspecified atom stereocenters. The highest BCUT2D eigenvalue weighted by Crippen LogP contribution is 2.36. The number of carbonyl (C=O) groups is 4. The third-order valence-corrected chi connectivity index (χ3v) is 8.11. The van der Waals surface area contributed by atoms with E-state index in [0.29, 0.717) is 27.0 Å². The lowest BCUT2D eigenvalue weighted by Crippen LogP contribution is -2.49. The average Bonchev–Trinajstić information content (AvgIpc) is 3.07. The maximum atomic E-state index is 13.4. The molecule has 0 radical (unpaired) electrons. The number of rotatable bonds is 14.